The number of carbonyl (C=O) groups is 1. The van der Waals surface area contributed by atoms with E-state index in [2.05, 4.69) is 15.2 Å². The summed E-state index contributed by atoms with van der Waals surface area (Å²) in [6.07, 6.45) is -0.538. The van der Waals surface area contributed by atoms with Crippen LogP contribution in [0.2, 0.25) is 5.02 Å². The third-order valence-corrected chi connectivity index (χ3v) is 6.84. The Bertz CT molecular complexity index is 1400. The van der Waals surface area contributed by atoms with Crippen molar-refractivity contribution < 1.29 is 18.0 Å². The Labute approximate surface area is 197 Å². The van der Waals surface area contributed by atoms with E-state index in [1.165, 1.54) is 18.5 Å². The molecule has 0 radical (unpaired) electrons. The number of amides is 1. The van der Waals surface area contributed by atoms with Gasteiger partial charge >= 0.3 is 6.18 Å². The van der Waals surface area contributed by atoms with Crippen molar-refractivity contribution in [3.8, 4) is 5.69 Å². The number of benzene rings is 2. The largest absolute Gasteiger partial charge is 0.416 e. The molecule has 1 unspecified atom stereocenters. The van der Waals surface area contributed by atoms with Gasteiger partial charge in [0.1, 0.15) is 5.82 Å². The van der Waals surface area contributed by atoms with Crippen molar-refractivity contribution in [3.05, 3.63) is 70.3 Å². The fourth-order valence-electron chi connectivity index (χ4n) is 4.52. The lowest BCUT2D eigenvalue weighted by atomic mass is 9.96. The normalized spacial score (nSPS) is 18.7. The number of aryl methyl sites for hydroxylation is 1. The fraction of sp³-hybridized carbons (Fsp3) is 0.304. The Morgan fingerprint density at radius 1 is 1.18 bits per heavy atom. The van der Waals surface area contributed by atoms with Crippen LogP contribution >= 0.6 is 11.6 Å². The van der Waals surface area contributed by atoms with E-state index in [0.29, 0.717) is 35.8 Å². The van der Waals surface area contributed by atoms with Crippen LogP contribution in [0.25, 0.3) is 16.7 Å². The van der Waals surface area contributed by atoms with Gasteiger partial charge in [-0.15, -0.1) is 0 Å². The number of aromatic amines is 1. The van der Waals surface area contributed by atoms with Crippen LogP contribution in [0.15, 0.2) is 42.7 Å². The summed E-state index contributed by atoms with van der Waals surface area (Å²) in [5.41, 5.74) is 0.561. The smallest absolute Gasteiger partial charge is 0.340 e. The average Bonchev–Trinajstić information content (AvgIpc) is 3.55. The lowest BCUT2D eigenvalue weighted by Crippen LogP contribution is -2.44. The van der Waals surface area contributed by atoms with Crippen LogP contribution in [-0.4, -0.2) is 42.3 Å². The van der Waals surface area contributed by atoms with Crippen molar-refractivity contribution in [2.45, 2.75) is 38.4 Å². The van der Waals surface area contributed by atoms with E-state index in [9.17, 15) is 18.0 Å². The number of H-pyrrole nitrogens is 1. The number of fused-ring (bicyclic) bond motifs is 1. The Balaban J connectivity index is 1.61. The van der Waals surface area contributed by atoms with Gasteiger partial charge in [0, 0.05) is 11.6 Å². The van der Waals surface area contributed by atoms with E-state index < -0.39 is 23.2 Å². The number of carbonyl (C=O) groups excluding carboxylic acids is 1. The van der Waals surface area contributed by atoms with Crippen molar-refractivity contribution in [2.24, 2.45) is 0 Å². The van der Waals surface area contributed by atoms with Crippen LogP contribution < -0.4 is 0 Å². The Morgan fingerprint density at radius 3 is 2.62 bits per heavy atom. The van der Waals surface area contributed by atoms with Gasteiger partial charge in [-0.3, -0.25) is 4.79 Å². The van der Waals surface area contributed by atoms with E-state index in [4.69, 9.17) is 16.6 Å². The Kier molecular flexibility index (Phi) is 5.16. The number of alkyl halides is 3. The van der Waals surface area contributed by atoms with E-state index in [1.807, 2.05) is 19.9 Å². The van der Waals surface area contributed by atoms with Gasteiger partial charge in [0.2, 0.25) is 0 Å². The molecule has 1 fully saturated rings. The third-order valence-electron chi connectivity index (χ3n) is 6.43. The summed E-state index contributed by atoms with van der Waals surface area (Å²) in [4.78, 5) is 24.5. The van der Waals surface area contributed by atoms with Crippen molar-refractivity contribution in [1.29, 1.82) is 0 Å². The molecule has 176 valence electrons. The molecule has 0 saturated carbocycles. The van der Waals surface area contributed by atoms with Gasteiger partial charge in [-0.1, -0.05) is 11.6 Å². The summed E-state index contributed by atoms with van der Waals surface area (Å²) < 4.78 is 40.5. The number of likely N-dealkylation sites (tertiary alicyclic amines) is 1. The number of hydrogen-bond acceptors (Lipinski definition) is 4. The highest BCUT2D eigenvalue weighted by Crippen LogP contribution is 2.40. The molecule has 4 aromatic rings. The van der Waals surface area contributed by atoms with E-state index >= 15 is 0 Å². The predicted octanol–water partition coefficient (Wildman–Crippen LogP) is 5.28. The predicted molar refractivity (Wildman–Crippen MR) is 120 cm³/mol. The standard InChI is InChI=1S/C23H20ClF3N6O/c1-13-16(24)5-6-17-19(13)31-21(30-17)22(2)8-3-11-32(22)20(34)15-12-14(23(25,26)27)4-7-18(15)33-28-9-10-29-33/h4-7,9-10,12H,3,8,11H2,1-2H3,(H,30,31). The zero-order chi connectivity index (χ0) is 24.3. The number of hydrogen-bond donors (Lipinski definition) is 1. The second-order valence-electron chi connectivity index (χ2n) is 8.54. The SMILES string of the molecule is Cc1c(Cl)ccc2[nH]c(C3(C)CCCN3C(=O)c3cc(C(F)(F)F)ccc3-n3nccn3)nc12. The monoisotopic (exact) mass is 488 g/mol. The molecule has 1 aliphatic heterocycles. The van der Waals surface area contributed by atoms with Gasteiger partial charge in [-0.2, -0.15) is 28.2 Å². The third kappa shape index (κ3) is 3.53. The van der Waals surface area contributed by atoms with Crippen molar-refractivity contribution in [1.82, 2.24) is 29.9 Å². The number of imidazole rings is 1. The lowest BCUT2D eigenvalue weighted by Gasteiger charge is -2.34. The second-order valence-corrected chi connectivity index (χ2v) is 8.94. The number of nitrogens with zero attached hydrogens (tertiary/aromatic N) is 5. The summed E-state index contributed by atoms with van der Waals surface area (Å²) >= 11 is 6.24. The zero-order valence-electron chi connectivity index (χ0n) is 18.3. The van der Waals surface area contributed by atoms with Crippen molar-refractivity contribution >= 4 is 28.5 Å². The summed E-state index contributed by atoms with van der Waals surface area (Å²) in [6.45, 7) is 4.10. The number of rotatable bonds is 3. The molecule has 0 spiro atoms. The number of aromatic nitrogens is 5. The molecule has 3 heterocycles. The minimum atomic E-state index is -4.60. The molecule has 2 aromatic carbocycles. The van der Waals surface area contributed by atoms with Crippen LogP contribution in [0.1, 0.15) is 47.1 Å². The highest BCUT2D eigenvalue weighted by atomic mass is 35.5. The molecule has 2 aromatic heterocycles. The molecule has 1 N–H and O–H groups in total. The second kappa shape index (κ2) is 7.83. The first-order valence-electron chi connectivity index (χ1n) is 10.6. The van der Waals surface area contributed by atoms with Crippen molar-refractivity contribution in [3.63, 3.8) is 0 Å². The topological polar surface area (TPSA) is 79.7 Å². The molecule has 1 aliphatic rings. The molecule has 1 saturated heterocycles. The van der Waals surface area contributed by atoms with Gasteiger partial charge in [0.15, 0.2) is 0 Å². The Morgan fingerprint density at radius 2 is 1.91 bits per heavy atom. The van der Waals surface area contributed by atoms with Gasteiger partial charge in [0.25, 0.3) is 5.91 Å². The zero-order valence-corrected chi connectivity index (χ0v) is 19.1. The van der Waals surface area contributed by atoms with Gasteiger partial charge in [-0.05, 0) is 62.6 Å². The maximum atomic E-state index is 13.8. The number of nitrogens with one attached hydrogen (secondary N) is 1. The minimum absolute atomic E-state index is 0.130. The number of halogens is 4. The summed E-state index contributed by atoms with van der Waals surface area (Å²) in [5.74, 6) is 0.0121. The fourth-order valence-corrected chi connectivity index (χ4v) is 4.67. The first-order chi connectivity index (χ1) is 16.1. The first-order valence-corrected chi connectivity index (χ1v) is 11.0. The Hall–Kier alpha value is -3.40. The quantitative estimate of drug-likeness (QED) is 0.426. The highest BCUT2D eigenvalue weighted by molar-refractivity contribution is 6.32. The van der Waals surface area contributed by atoms with Crippen LogP contribution in [0.4, 0.5) is 13.2 Å². The van der Waals surface area contributed by atoms with Crippen molar-refractivity contribution in [2.75, 3.05) is 6.54 Å². The van der Waals surface area contributed by atoms with Gasteiger partial charge < -0.3 is 9.88 Å². The van der Waals surface area contributed by atoms with Crippen LogP contribution in [-0.2, 0) is 11.7 Å². The molecule has 34 heavy (non-hydrogen) atoms. The molecular formula is C23H20ClF3N6O. The van der Waals surface area contributed by atoms with Gasteiger partial charge in [0.05, 0.1) is 45.8 Å². The lowest BCUT2D eigenvalue weighted by molar-refractivity contribution is -0.137. The summed E-state index contributed by atoms with van der Waals surface area (Å²) in [5, 5.41) is 8.60. The molecular weight excluding hydrogens is 469 g/mol. The highest BCUT2D eigenvalue weighted by Gasteiger charge is 2.45. The molecule has 0 aliphatic carbocycles. The van der Waals surface area contributed by atoms with Crippen LogP contribution in [0.5, 0.6) is 0 Å². The molecule has 7 nitrogen and oxygen atoms in total. The first kappa shape index (κ1) is 22.4. The maximum Gasteiger partial charge on any atom is 0.416 e. The van der Waals surface area contributed by atoms with Crippen LogP contribution in [0, 0.1) is 6.92 Å². The molecule has 0 bridgehead atoms. The summed E-state index contributed by atoms with van der Waals surface area (Å²) in [6, 6.07) is 6.59. The molecule has 11 heteroatoms. The van der Waals surface area contributed by atoms with Gasteiger partial charge in [-0.25, -0.2) is 4.98 Å². The molecule has 5 rings (SSSR count). The molecule has 1 amide bonds. The average molecular weight is 489 g/mol. The van der Waals surface area contributed by atoms with E-state index in [0.717, 1.165) is 28.0 Å². The maximum absolute atomic E-state index is 13.8. The summed E-state index contributed by atoms with van der Waals surface area (Å²) in [7, 11) is 0. The molecule has 1 atom stereocenters. The van der Waals surface area contributed by atoms with E-state index in [-0.39, 0.29) is 11.3 Å². The van der Waals surface area contributed by atoms with E-state index in [1.54, 1.807) is 11.0 Å². The van der Waals surface area contributed by atoms with Crippen LogP contribution in [0.3, 0.4) is 0 Å². The minimum Gasteiger partial charge on any atom is -0.340 e.